The van der Waals surface area contributed by atoms with Gasteiger partial charge in [0.2, 0.25) is 0 Å². The summed E-state index contributed by atoms with van der Waals surface area (Å²) in [6.07, 6.45) is 0. The monoisotopic (exact) mass is 386 g/mol. The summed E-state index contributed by atoms with van der Waals surface area (Å²) in [6.45, 7) is 0. The number of hydrogen-bond acceptors (Lipinski definition) is 3. The van der Waals surface area contributed by atoms with Crippen LogP contribution in [0.2, 0.25) is 0 Å². The number of non-ortho nitro benzene ring substituents is 1. The molecule has 0 aromatic heterocycles. The van der Waals surface area contributed by atoms with Crippen molar-refractivity contribution in [1.82, 2.24) is 0 Å². The van der Waals surface area contributed by atoms with Crippen LogP contribution in [0.25, 0.3) is 0 Å². The predicted molar refractivity (Wildman–Crippen MR) is 80.2 cm³/mol. The summed E-state index contributed by atoms with van der Waals surface area (Å²) >= 11 is 2.06. The summed E-state index contributed by atoms with van der Waals surface area (Å²) < 4.78 is 14.5. The zero-order chi connectivity index (χ0) is 14.7. The van der Waals surface area contributed by atoms with Crippen molar-refractivity contribution in [3.63, 3.8) is 0 Å². The molecule has 1 N–H and O–H groups in total. The number of carbonyl (C=O) groups excluding carboxylic acids is 1. The van der Waals surface area contributed by atoms with Crippen molar-refractivity contribution in [2.45, 2.75) is 0 Å². The maximum absolute atomic E-state index is 13.6. The Labute approximate surface area is 127 Å². The summed E-state index contributed by atoms with van der Waals surface area (Å²) in [5.74, 6) is -1.32. The first-order valence-corrected chi connectivity index (χ1v) is 6.56. The van der Waals surface area contributed by atoms with Gasteiger partial charge in [0.1, 0.15) is 0 Å². The van der Waals surface area contributed by atoms with Gasteiger partial charge >= 0.3 is 0 Å². The minimum atomic E-state index is -0.849. The molecule has 0 heterocycles. The first kappa shape index (κ1) is 14.4. The van der Waals surface area contributed by atoms with Crippen molar-refractivity contribution in [3.8, 4) is 0 Å². The molecule has 2 rings (SSSR count). The van der Waals surface area contributed by atoms with Crippen LogP contribution in [0.1, 0.15) is 10.4 Å². The number of rotatable bonds is 3. The van der Waals surface area contributed by atoms with Gasteiger partial charge in [0.15, 0.2) is 5.82 Å². The van der Waals surface area contributed by atoms with E-state index in [-0.39, 0.29) is 11.4 Å². The standard InChI is InChI=1S/C13H8FIN2O3/c14-11-7-10(17(19)20)4-5-12(11)16-13(18)8-2-1-3-9(15)6-8/h1-7H,(H,16,18). The highest BCUT2D eigenvalue weighted by atomic mass is 127. The van der Waals surface area contributed by atoms with Crippen molar-refractivity contribution in [2.24, 2.45) is 0 Å². The summed E-state index contributed by atoms with van der Waals surface area (Å²) in [5, 5.41) is 12.9. The van der Waals surface area contributed by atoms with E-state index < -0.39 is 16.6 Å². The Morgan fingerprint density at radius 1 is 1.25 bits per heavy atom. The zero-order valence-corrected chi connectivity index (χ0v) is 12.1. The molecule has 5 nitrogen and oxygen atoms in total. The fraction of sp³-hybridized carbons (Fsp3) is 0. The molecule has 0 fully saturated rings. The van der Waals surface area contributed by atoms with E-state index in [0.29, 0.717) is 5.56 Å². The van der Waals surface area contributed by atoms with E-state index in [2.05, 4.69) is 27.9 Å². The highest BCUT2D eigenvalue weighted by Crippen LogP contribution is 2.21. The van der Waals surface area contributed by atoms with E-state index in [1.807, 2.05) is 6.07 Å². The molecule has 0 radical (unpaired) electrons. The third-order valence-corrected chi connectivity index (χ3v) is 3.17. The molecule has 7 heteroatoms. The van der Waals surface area contributed by atoms with Crippen LogP contribution in [0.15, 0.2) is 42.5 Å². The van der Waals surface area contributed by atoms with Crippen molar-refractivity contribution in [3.05, 3.63) is 67.5 Å². The van der Waals surface area contributed by atoms with Crippen LogP contribution in [0, 0.1) is 19.5 Å². The quantitative estimate of drug-likeness (QED) is 0.498. The molecule has 1 amide bonds. The Hall–Kier alpha value is -2.03. The normalized spacial score (nSPS) is 10.1. The zero-order valence-electron chi connectivity index (χ0n) is 9.97. The first-order chi connectivity index (χ1) is 9.47. The Kier molecular flexibility index (Phi) is 4.28. The highest BCUT2D eigenvalue weighted by Gasteiger charge is 2.13. The fourth-order valence-electron chi connectivity index (χ4n) is 1.54. The number of carbonyl (C=O) groups is 1. The van der Waals surface area contributed by atoms with Crippen LogP contribution in [-0.2, 0) is 0 Å². The number of nitro groups is 1. The number of nitrogens with one attached hydrogen (secondary N) is 1. The van der Waals surface area contributed by atoms with E-state index in [1.54, 1.807) is 18.2 Å². The van der Waals surface area contributed by atoms with Gasteiger partial charge in [-0.2, -0.15) is 0 Å². The number of nitrogens with zero attached hydrogens (tertiary/aromatic N) is 1. The molecule has 0 bridgehead atoms. The average Bonchev–Trinajstić information content (AvgIpc) is 2.40. The lowest BCUT2D eigenvalue weighted by Gasteiger charge is -2.06. The molecule has 0 saturated heterocycles. The van der Waals surface area contributed by atoms with Crippen molar-refractivity contribution in [2.75, 3.05) is 5.32 Å². The van der Waals surface area contributed by atoms with Crippen molar-refractivity contribution < 1.29 is 14.1 Å². The predicted octanol–water partition coefficient (Wildman–Crippen LogP) is 3.59. The molecule has 0 spiro atoms. The largest absolute Gasteiger partial charge is 0.319 e. The SMILES string of the molecule is O=C(Nc1ccc([N+](=O)[O-])cc1F)c1cccc(I)c1. The van der Waals surface area contributed by atoms with Crippen LogP contribution >= 0.6 is 22.6 Å². The van der Waals surface area contributed by atoms with Gasteiger partial charge in [-0.25, -0.2) is 4.39 Å². The van der Waals surface area contributed by atoms with E-state index >= 15 is 0 Å². The topological polar surface area (TPSA) is 72.2 Å². The van der Waals surface area contributed by atoms with Crippen LogP contribution < -0.4 is 5.32 Å². The molecule has 20 heavy (non-hydrogen) atoms. The summed E-state index contributed by atoms with van der Waals surface area (Å²) in [6, 6.07) is 9.85. The van der Waals surface area contributed by atoms with Gasteiger partial charge in [-0.3, -0.25) is 14.9 Å². The number of anilines is 1. The van der Waals surface area contributed by atoms with E-state index in [4.69, 9.17) is 0 Å². The molecule has 2 aromatic rings. The van der Waals surface area contributed by atoms with Gasteiger partial charge in [0.05, 0.1) is 16.7 Å². The lowest BCUT2D eigenvalue weighted by Crippen LogP contribution is -2.13. The number of amides is 1. The van der Waals surface area contributed by atoms with E-state index in [9.17, 15) is 19.3 Å². The Balaban J connectivity index is 2.22. The second kappa shape index (κ2) is 5.95. The van der Waals surface area contributed by atoms with Crippen molar-refractivity contribution in [1.29, 1.82) is 0 Å². The summed E-state index contributed by atoms with van der Waals surface area (Å²) in [5.41, 5.74) is -0.0797. The van der Waals surface area contributed by atoms with Gasteiger partial charge in [0.25, 0.3) is 11.6 Å². The van der Waals surface area contributed by atoms with Crippen LogP contribution in [0.3, 0.4) is 0 Å². The second-order valence-corrected chi connectivity index (χ2v) is 5.13. The molecule has 0 aliphatic heterocycles. The van der Waals surface area contributed by atoms with Gasteiger partial charge in [-0.05, 0) is 46.9 Å². The maximum atomic E-state index is 13.6. The molecular weight excluding hydrogens is 378 g/mol. The van der Waals surface area contributed by atoms with Gasteiger partial charge < -0.3 is 5.32 Å². The fourth-order valence-corrected chi connectivity index (χ4v) is 2.09. The van der Waals surface area contributed by atoms with Crippen LogP contribution in [0.5, 0.6) is 0 Å². The Morgan fingerprint density at radius 3 is 2.60 bits per heavy atom. The molecule has 0 unspecified atom stereocenters. The highest BCUT2D eigenvalue weighted by molar-refractivity contribution is 14.1. The minimum absolute atomic E-state index is 0.0977. The second-order valence-electron chi connectivity index (χ2n) is 3.89. The van der Waals surface area contributed by atoms with Gasteiger partial charge in [0, 0.05) is 15.2 Å². The molecular formula is C13H8FIN2O3. The molecule has 0 atom stereocenters. The van der Waals surface area contributed by atoms with Gasteiger partial charge in [-0.15, -0.1) is 0 Å². The van der Waals surface area contributed by atoms with Gasteiger partial charge in [-0.1, -0.05) is 6.07 Å². The lowest BCUT2D eigenvalue weighted by molar-refractivity contribution is -0.385. The number of nitro benzene ring substituents is 1. The Morgan fingerprint density at radius 2 is 2.00 bits per heavy atom. The summed E-state index contributed by atoms with van der Waals surface area (Å²) in [4.78, 5) is 21.7. The molecule has 0 aliphatic rings. The molecule has 0 aliphatic carbocycles. The molecule has 0 saturated carbocycles. The summed E-state index contributed by atoms with van der Waals surface area (Å²) in [7, 11) is 0. The molecule has 2 aromatic carbocycles. The third kappa shape index (κ3) is 3.29. The Bertz CT molecular complexity index is 691. The maximum Gasteiger partial charge on any atom is 0.272 e. The molecule has 102 valence electrons. The minimum Gasteiger partial charge on any atom is -0.319 e. The number of hydrogen-bond donors (Lipinski definition) is 1. The number of halogens is 2. The van der Waals surface area contributed by atoms with E-state index in [1.165, 1.54) is 6.07 Å². The van der Waals surface area contributed by atoms with E-state index in [0.717, 1.165) is 15.7 Å². The third-order valence-electron chi connectivity index (χ3n) is 2.50. The van der Waals surface area contributed by atoms with Crippen LogP contribution in [-0.4, -0.2) is 10.8 Å². The van der Waals surface area contributed by atoms with Crippen molar-refractivity contribution >= 4 is 39.9 Å². The number of benzene rings is 2. The van der Waals surface area contributed by atoms with Crippen LogP contribution in [0.4, 0.5) is 15.8 Å². The lowest BCUT2D eigenvalue weighted by atomic mass is 10.2. The average molecular weight is 386 g/mol. The smallest absolute Gasteiger partial charge is 0.272 e. The first-order valence-electron chi connectivity index (χ1n) is 5.48.